The number of methoxy groups -OCH3 is 1. The zero-order valence-electron chi connectivity index (χ0n) is 17.7. The van der Waals surface area contributed by atoms with Crippen molar-refractivity contribution in [2.24, 2.45) is 0 Å². The molecule has 7 nitrogen and oxygen atoms in total. The van der Waals surface area contributed by atoms with Crippen LogP contribution in [0.3, 0.4) is 0 Å². The van der Waals surface area contributed by atoms with Crippen LogP contribution in [0.15, 0.2) is 64.0 Å². The summed E-state index contributed by atoms with van der Waals surface area (Å²) in [6.45, 7) is 1.56. The van der Waals surface area contributed by atoms with Gasteiger partial charge in [-0.1, -0.05) is 23.4 Å². The Balaban J connectivity index is 1.40. The highest BCUT2D eigenvalue weighted by Crippen LogP contribution is 2.32. The molecular formula is C22H22F3N3O4S. The molecule has 0 bridgehead atoms. The number of alkyl halides is 3. The average Bonchev–Trinajstić information content (AvgIpc) is 3.27. The van der Waals surface area contributed by atoms with E-state index in [9.17, 15) is 21.6 Å². The molecule has 0 saturated carbocycles. The summed E-state index contributed by atoms with van der Waals surface area (Å²) >= 11 is 0. The van der Waals surface area contributed by atoms with Crippen molar-refractivity contribution in [3.8, 4) is 17.0 Å². The number of rotatable bonds is 6. The fourth-order valence-electron chi connectivity index (χ4n) is 3.70. The summed E-state index contributed by atoms with van der Waals surface area (Å²) in [5.74, 6) is 1.29. The number of halogens is 3. The van der Waals surface area contributed by atoms with E-state index in [-0.39, 0.29) is 18.0 Å². The van der Waals surface area contributed by atoms with E-state index >= 15 is 0 Å². The lowest BCUT2D eigenvalue weighted by Crippen LogP contribution is -2.48. The Kier molecular flexibility index (Phi) is 6.46. The second-order valence-corrected chi connectivity index (χ2v) is 9.52. The highest BCUT2D eigenvalue weighted by molar-refractivity contribution is 7.89. The molecule has 1 fully saturated rings. The van der Waals surface area contributed by atoms with Crippen LogP contribution in [0, 0.1) is 0 Å². The third kappa shape index (κ3) is 5.05. The molecule has 1 saturated heterocycles. The van der Waals surface area contributed by atoms with E-state index in [0.29, 0.717) is 42.9 Å². The van der Waals surface area contributed by atoms with Gasteiger partial charge >= 0.3 is 6.18 Å². The van der Waals surface area contributed by atoms with Crippen molar-refractivity contribution in [1.29, 1.82) is 0 Å². The maximum absolute atomic E-state index is 13.0. The molecule has 2 heterocycles. The van der Waals surface area contributed by atoms with E-state index in [4.69, 9.17) is 9.26 Å². The first kappa shape index (κ1) is 23.3. The largest absolute Gasteiger partial charge is 0.496 e. The van der Waals surface area contributed by atoms with Gasteiger partial charge in [-0.2, -0.15) is 17.5 Å². The fourth-order valence-corrected chi connectivity index (χ4v) is 5.17. The minimum Gasteiger partial charge on any atom is -0.496 e. The molecule has 1 aromatic heterocycles. The summed E-state index contributed by atoms with van der Waals surface area (Å²) in [5.41, 5.74) is 0.443. The Bertz CT molecular complexity index is 1220. The molecule has 1 aliphatic heterocycles. The van der Waals surface area contributed by atoms with Gasteiger partial charge in [-0.3, -0.25) is 4.90 Å². The van der Waals surface area contributed by atoms with Crippen LogP contribution in [0.4, 0.5) is 13.2 Å². The number of benzene rings is 2. The van der Waals surface area contributed by atoms with Gasteiger partial charge < -0.3 is 9.26 Å². The third-order valence-electron chi connectivity index (χ3n) is 5.45. The third-order valence-corrected chi connectivity index (χ3v) is 7.35. The average molecular weight is 481 g/mol. The van der Waals surface area contributed by atoms with E-state index in [1.54, 1.807) is 7.11 Å². The van der Waals surface area contributed by atoms with Gasteiger partial charge in [0.15, 0.2) is 5.76 Å². The van der Waals surface area contributed by atoms with Crippen LogP contribution in [-0.2, 0) is 22.7 Å². The minimum absolute atomic E-state index is 0.159. The van der Waals surface area contributed by atoms with E-state index < -0.39 is 21.8 Å². The van der Waals surface area contributed by atoms with Crippen molar-refractivity contribution in [1.82, 2.24) is 14.4 Å². The van der Waals surface area contributed by atoms with Gasteiger partial charge in [0.2, 0.25) is 10.0 Å². The predicted molar refractivity (Wildman–Crippen MR) is 114 cm³/mol. The molecule has 0 radical (unpaired) electrons. The lowest BCUT2D eigenvalue weighted by Gasteiger charge is -2.33. The standard InChI is InChI=1S/C22H22F3N3O4S/c1-31-21-8-3-2-7-19(21)20-14-17(32-26-20)15-27-9-11-28(12-10-27)33(29,30)18-6-4-5-16(13-18)22(23,24)25/h2-8,13-14H,9-12,15H2,1H3. The van der Waals surface area contributed by atoms with Crippen molar-refractivity contribution < 1.29 is 30.8 Å². The van der Waals surface area contributed by atoms with Crippen LogP contribution in [0.25, 0.3) is 11.3 Å². The van der Waals surface area contributed by atoms with Crippen LogP contribution < -0.4 is 4.74 Å². The zero-order valence-corrected chi connectivity index (χ0v) is 18.6. The monoisotopic (exact) mass is 481 g/mol. The van der Waals surface area contributed by atoms with Crippen molar-refractivity contribution in [3.63, 3.8) is 0 Å². The lowest BCUT2D eigenvalue weighted by molar-refractivity contribution is -0.137. The van der Waals surface area contributed by atoms with Crippen molar-refractivity contribution >= 4 is 10.0 Å². The topological polar surface area (TPSA) is 75.9 Å². The summed E-state index contributed by atoms with van der Waals surface area (Å²) in [4.78, 5) is 1.65. The molecule has 176 valence electrons. The molecule has 3 aromatic rings. The molecule has 0 atom stereocenters. The first-order valence-electron chi connectivity index (χ1n) is 10.2. The Morgan fingerprint density at radius 3 is 2.45 bits per heavy atom. The van der Waals surface area contributed by atoms with Gasteiger partial charge in [0, 0.05) is 37.8 Å². The van der Waals surface area contributed by atoms with Crippen molar-refractivity contribution in [2.75, 3.05) is 33.3 Å². The molecule has 0 unspecified atom stereocenters. The van der Waals surface area contributed by atoms with Gasteiger partial charge in [-0.25, -0.2) is 8.42 Å². The molecule has 33 heavy (non-hydrogen) atoms. The van der Waals surface area contributed by atoms with Crippen LogP contribution in [0.5, 0.6) is 5.75 Å². The van der Waals surface area contributed by atoms with Crippen LogP contribution in [-0.4, -0.2) is 56.1 Å². The molecule has 2 aromatic carbocycles. The molecular weight excluding hydrogens is 459 g/mol. The summed E-state index contributed by atoms with van der Waals surface area (Å²) in [5, 5.41) is 4.10. The van der Waals surface area contributed by atoms with E-state index in [1.165, 1.54) is 10.4 Å². The van der Waals surface area contributed by atoms with Gasteiger partial charge in [0.25, 0.3) is 0 Å². The normalized spacial score (nSPS) is 16.1. The highest BCUT2D eigenvalue weighted by Gasteiger charge is 2.34. The highest BCUT2D eigenvalue weighted by atomic mass is 32.2. The summed E-state index contributed by atoms with van der Waals surface area (Å²) in [7, 11) is -2.45. The van der Waals surface area contributed by atoms with Crippen molar-refractivity contribution in [2.45, 2.75) is 17.6 Å². The second-order valence-electron chi connectivity index (χ2n) is 7.58. The van der Waals surface area contributed by atoms with Gasteiger partial charge in [-0.15, -0.1) is 0 Å². The number of aromatic nitrogens is 1. The number of sulfonamides is 1. The van der Waals surface area contributed by atoms with E-state index in [2.05, 4.69) is 5.16 Å². The number of para-hydroxylation sites is 1. The Labute approximate surface area is 189 Å². The number of ether oxygens (including phenoxy) is 1. The van der Waals surface area contributed by atoms with Crippen LogP contribution in [0.2, 0.25) is 0 Å². The summed E-state index contributed by atoms with van der Waals surface area (Å²) in [6.07, 6.45) is -4.61. The zero-order chi connectivity index (χ0) is 23.6. The molecule has 1 aliphatic rings. The number of hydrogen-bond acceptors (Lipinski definition) is 6. The predicted octanol–water partition coefficient (Wildman–Crippen LogP) is 3.88. The lowest BCUT2D eigenvalue weighted by atomic mass is 10.1. The first-order valence-corrected chi connectivity index (χ1v) is 11.6. The molecule has 0 N–H and O–H groups in total. The maximum Gasteiger partial charge on any atom is 0.416 e. The Hall–Kier alpha value is -2.89. The Morgan fingerprint density at radius 2 is 1.76 bits per heavy atom. The van der Waals surface area contributed by atoms with Crippen LogP contribution in [0.1, 0.15) is 11.3 Å². The molecule has 0 spiro atoms. The molecule has 11 heteroatoms. The smallest absolute Gasteiger partial charge is 0.416 e. The molecule has 0 aliphatic carbocycles. The second kappa shape index (κ2) is 9.16. The van der Waals surface area contributed by atoms with Crippen LogP contribution >= 0.6 is 0 Å². The Morgan fingerprint density at radius 1 is 1.03 bits per heavy atom. The summed E-state index contributed by atoms with van der Waals surface area (Å²) < 4.78 is 76.6. The number of hydrogen-bond donors (Lipinski definition) is 0. The number of nitrogens with zero attached hydrogens (tertiary/aromatic N) is 3. The van der Waals surface area contributed by atoms with Gasteiger partial charge in [-0.05, 0) is 30.3 Å². The SMILES string of the molecule is COc1ccccc1-c1cc(CN2CCN(S(=O)(=O)c3cccc(C(F)(F)F)c3)CC2)on1. The quantitative estimate of drug-likeness (QED) is 0.532. The van der Waals surface area contributed by atoms with Gasteiger partial charge in [0.05, 0.1) is 24.1 Å². The van der Waals surface area contributed by atoms with Crippen molar-refractivity contribution in [3.05, 3.63) is 65.9 Å². The maximum atomic E-state index is 13.0. The van der Waals surface area contributed by atoms with Gasteiger partial charge in [0.1, 0.15) is 11.4 Å². The summed E-state index contributed by atoms with van der Waals surface area (Å²) in [6, 6.07) is 13.1. The molecule has 0 amide bonds. The number of piperazine rings is 1. The minimum atomic E-state index is -4.61. The van der Waals surface area contributed by atoms with E-state index in [0.717, 1.165) is 17.7 Å². The molecule has 4 rings (SSSR count). The van der Waals surface area contributed by atoms with E-state index in [1.807, 2.05) is 35.2 Å². The fraction of sp³-hybridized carbons (Fsp3) is 0.318. The first-order chi connectivity index (χ1) is 15.7.